The number of rotatable bonds is 1. The summed E-state index contributed by atoms with van der Waals surface area (Å²) in [7, 11) is 0. The van der Waals surface area contributed by atoms with Crippen molar-refractivity contribution in [3.05, 3.63) is 24.0 Å². The van der Waals surface area contributed by atoms with Crippen molar-refractivity contribution in [2.24, 2.45) is 0 Å². The van der Waals surface area contributed by atoms with Crippen LogP contribution >= 0.6 is 0 Å². The fraction of sp³-hybridized carbons (Fsp3) is 0.500. The first-order valence-corrected chi connectivity index (χ1v) is 5.47. The summed E-state index contributed by atoms with van der Waals surface area (Å²) in [5.41, 5.74) is 1.66. The molecular weight excluding hydrogens is 200 g/mol. The summed E-state index contributed by atoms with van der Waals surface area (Å²) in [4.78, 5) is 6.38. The highest BCUT2D eigenvalue weighted by Gasteiger charge is 2.31. The molecule has 16 heavy (non-hydrogen) atoms. The summed E-state index contributed by atoms with van der Waals surface area (Å²) < 4.78 is 0. The Hall–Kier alpha value is -1.60. The quantitative estimate of drug-likeness (QED) is 0.765. The number of nitrogens with zero attached hydrogens (tertiary/aromatic N) is 3. The van der Waals surface area contributed by atoms with E-state index in [1.54, 1.807) is 18.5 Å². The first-order chi connectivity index (χ1) is 7.65. The van der Waals surface area contributed by atoms with Gasteiger partial charge in [-0.15, -0.1) is 0 Å². The molecule has 0 amide bonds. The lowest BCUT2D eigenvalue weighted by molar-refractivity contribution is 0.380. The summed E-state index contributed by atoms with van der Waals surface area (Å²) in [6, 6.07) is 4.00. The van der Waals surface area contributed by atoms with E-state index in [0.717, 1.165) is 25.3 Å². The van der Waals surface area contributed by atoms with Crippen LogP contribution in [0.2, 0.25) is 0 Å². The Bertz CT molecular complexity index is 419. The van der Waals surface area contributed by atoms with Crippen LogP contribution in [0.1, 0.15) is 19.4 Å². The summed E-state index contributed by atoms with van der Waals surface area (Å²) >= 11 is 0. The van der Waals surface area contributed by atoms with Gasteiger partial charge in [0.25, 0.3) is 0 Å². The molecule has 0 saturated carbocycles. The highest BCUT2D eigenvalue weighted by atomic mass is 15.3. The highest BCUT2D eigenvalue weighted by Crippen LogP contribution is 2.27. The Morgan fingerprint density at radius 3 is 3.06 bits per heavy atom. The third-order valence-electron chi connectivity index (χ3n) is 3.01. The van der Waals surface area contributed by atoms with Gasteiger partial charge in [-0.1, -0.05) is 0 Å². The molecule has 84 valence electrons. The number of nitrogens with one attached hydrogen (secondary N) is 1. The molecule has 1 aromatic heterocycles. The van der Waals surface area contributed by atoms with Gasteiger partial charge in [0.1, 0.15) is 6.07 Å². The maximum atomic E-state index is 9.10. The van der Waals surface area contributed by atoms with Gasteiger partial charge in [0.2, 0.25) is 0 Å². The lowest BCUT2D eigenvalue weighted by Crippen LogP contribution is -2.58. The van der Waals surface area contributed by atoms with Crippen LogP contribution in [0.4, 0.5) is 5.69 Å². The van der Waals surface area contributed by atoms with Crippen LogP contribution < -0.4 is 10.2 Å². The summed E-state index contributed by atoms with van der Waals surface area (Å²) in [5, 5.41) is 12.5. The molecule has 0 bridgehead atoms. The van der Waals surface area contributed by atoms with Crippen LogP contribution in [-0.2, 0) is 0 Å². The molecule has 1 saturated heterocycles. The zero-order valence-electron chi connectivity index (χ0n) is 9.70. The van der Waals surface area contributed by atoms with Gasteiger partial charge >= 0.3 is 0 Å². The smallest absolute Gasteiger partial charge is 0.101 e. The Kier molecular flexibility index (Phi) is 2.80. The third-order valence-corrected chi connectivity index (χ3v) is 3.01. The number of nitriles is 1. The van der Waals surface area contributed by atoms with Gasteiger partial charge in [-0.3, -0.25) is 4.98 Å². The fourth-order valence-electron chi connectivity index (χ4n) is 2.13. The van der Waals surface area contributed by atoms with E-state index in [1.807, 2.05) is 0 Å². The van der Waals surface area contributed by atoms with Gasteiger partial charge in [-0.2, -0.15) is 5.26 Å². The van der Waals surface area contributed by atoms with Crippen LogP contribution in [0.5, 0.6) is 0 Å². The molecule has 1 aliphatic rings. The minimum absolute atomic E-state index is 0.0207. The Morgan fingerprint density at radius 1 is 1.56 bits per heavy atom. The number of pyridine rings is 1. The molecule has 0 spiro atoms. The van der Waals surface area contributed by atoms with E-state index in [9.17, 15) is 0 Å². The molecule has 0 radical (unpaired) electrons. The van der Waals surface area contributed by atoms with Crippen molar-refractivity contribution in [3.63, 3.8) is 0 Å². The van der Waals surface area contributed by atoms with E-state index >= 15 is 0 Å². The molecule has 2 heterocycles. The van der Waals surface area contributed by atoms with Crippen molar-refractivity contribution in [3.8, 4) is 6.07 Å². The second-order valence-electron chi connectivity index (χ2n) is 4.65. The molecule has 4 nitrogen and oxygen atoms in total. The monoisotopic (exact) mass is 216 g/mol. The van der Waals surface area contributed by atoms with Gasteiger partial charge in [-0.25, -0.2) is 0 Å². The number of hydrogen-bond donors (Lipinski definition) is 1. The molecule has 0 aromatic carbocycles. The van der Waals surface area contributed by atoms with E-state index in [2.05, 4.69) is 35.1 Å². The average Bonchev–Trinajstić information content (AvgIpc) is 2.28. The van der Waals surface area contributed by atoms with E-state index in [0.29, 0.717) is 5.56 Å². The molecule has 1 aliphatic heterocycles. The number of piperazine rings is 1. The standard InChI is InChI=1S/C12H16N4/c1-12(2)9-15-5-6-16(12)11-8-14-4-3-10(11)7-13/h3-4,8,15H,5-6,9H2,1-2H3. The molecule has 0 unspecified atom stereocenters. The number of hydrogen-bond acceptors (Lipinski definition) is 4. The maximum absolute atomic E-state index is 9.10. The van der Waals surface area contributed by atoms with E-state index in [4.69, 9.17) is 5.26 Å². The molecule has 1 aromatic rings. The summed E-state index contributed by atoms with van der Waals surface area (Å²) in [6.07, 6.45) is 3.45. The topological polar surface area (TPSA) is 52.0 Å². The largest absolute Gasteiger partial charge is 0.362 e. The Balaban J connectivity index is 2.39. The SMILES string of the molecule is CC1(C)CNCCN1c1cnccc1C#N. The summed E-state index contributed by atoms with van der Waals surface area (Å²) in [5.74, 6) is 0. The minimum Gasteiger partial charge on any atom is -0.362 e. The van der Waals surface area contributed by atoms with Crippen molar-refractivity contribution in [2.75, 3.05) is 24.5 Å². The molecule has 1 fully saturated rings. The molecule has 4 heteroatoms. The van der Waals surface area contributed by atoms with Crippen molar-refractivity contribution in [1.29, 1.82) is 5.26 Å². The van der Waals surface area contributed by atoms with Crippen molar-refractivity contribution in [1.82, 2.24) is 10.3 Å². The predicted octanol–water partition coefficient (Wildman–Crippen LogP) is 1.14. The van der Waals surface area contributed by atoms with Gasteiger partial charge in [-0.05, 0) is 19.9 Å². The van der Waals surface area contributed by atoms with Crippen LogP contribution in [0.15, 0.2) is 18.5 Å². The lowest BCUT2D eigenvalue weighted by Gasteiger charge is -2.44. The van der Waals surface area contributed by atoms with E-state index in [-0.39, 0.29) is 5.54 Å². The zero-order chi connectivity index (χ0) is 11.6. The van der Waals surface area contributed by atoms with Crippen LogP contribution in [0.3, 0.4) is 0 Å². The summed E-state index contributed by atoms with van der Waals surface area (Å²) in [6.45, 7) is 7.13. The van der Waals surface area contributed by atoms with E-state index < -0.39 is 0 Å². The average molecular weight is 216 g/mol. The van der Waals surface area contributed by atoms with Crippen molar-refractivity contribution in [2.45, 2.75) is 19.4 Å². The van der Waals surface area contributed by atoms with Gasteiger partial charge in [0, 0.05) is 31.4 Å². The van der Waals surface area contributed by atoms with Crippen molar-refractivity contribution >= 4 is 5.69 Å². The van der Waals surface area contributed by atoms with Crippen LogP contribution in [0, 0.1) is 11.3 Å². The van der Waals surface area contributed by atoms with Crippen LogP contribution in [-0.4, -0.2) is 30.2 Å². The Morgan fingerprint density at radius 2 is 2.38 bits per heavy atom. The number of aromatic nitrogens is 1. The molecular formula is C12H16N4. The first-order valence-electron chi connectivity index (χ1n) is 5.47. The van der Waals surface area contributed by atoms with Gasteiger partial charge < -0.3 is 10.2 Å². The number of anilines is 1. The fourth-order valence-corrected chi connectivity index (χ4v) is 2.13. The second kappa shape index (κ2) is 4.11. The maximum Gasteiger partial charge on any atom is 0.101 e. The molecule has 0 atom stereocenters. The van der Waals surface area contributed by atoms with E-state index in [1.165, 1.54) is 0 Å². The first kappa shape index (κ1) is 10.9. The third kappa shape index (κ3) is 1.86. The van der Waals surface area contributed by atoms with Gasteiger partial charge in [0.05, 0.1) is 17.4 Å². The van der Waals surface area contributed by atoms with Crippen LogP contribution in [0.25, 0.3) is 0 Å². The molecule has 0 aliphatic carbocycles. The van der Waals surface area contributed by atoms with Gasteiger partial charge in [0.15, 0.2) is 0 Å². The lowest BCUT2D eigenvalue weighted by atomic mass is 9.98. The van der Waals surface area contributed by atoms with Crippen molar-refractivity contribution < 1.29 is 0 Å². The molecule has 1 N–H and O–H groups in total. The minimum atomic E-state index is 0.0207. The molecule has 2 rings (SSSR count). The predicted molar refractivity (Wildman–Crippen MR) is 63.2 cm³/mol. The second-order valence-corrected chi connectivity index (χ2v) is 4.65. The highest BCUT2D eigenvalue weighted by molar-refractivity contribution is 5.59. The Labute approximate surface area is 95.9 Å². The zero-order valence-corrected chi connectivity index (χ0v) is 9.70. The normalized spacial score (nSPS) is 19.2.